The van der Waals surface area contributed by atoms with Gasteiger partial charge in [-0.05, 0) is 62.3 Å². The molecular formula is C36H44FN3O6S. The van der Waals surface area contributed by atoms with Crippen LogP contribution in [0.1, 0.15) is 53.6 Å². The average Bonchev–Trinajstić information content (AvgIpc) is 3.83. The van der Waals surface area contributed by atoms with Crippen LogP contribution in [0.2, 0.25) is 0 Å². The summed E-state index contributed by atoms with van der Waals surface area (Å²) in [4.78, 5) is 42.4. The van der Waals surface area contributed by atoms with E-state index in [1.54, 1.807) is 20.3 Å². The summed E-state index contributed by atoms with van der Waals surface area (Å²) in [6, 6.07) is 10.6. The molecule has 9 nitrogen and oxygen atoms in total. The summed E-state index contributed by atoms with van der Waals surface area (Å²) < 4.78 is 34.2. The van der Waals surface area contributed by atoms with Crippen molar-refractivity contribution in [2.75, 3.05) is 45.8 Å². The second-order valence-electron chi connectivity index (χ2n) is 13.1. The molecular weight excluding hydrogens is 621 g/mol. The number of halogens is 1. The Morgan fingerprint density at radius 2 is 1.77 bits per heavy atom. The number of benzene rings is 2. The molecule has 1 aromatic heterocycles. The van der Waals surface area contributed by atoms with Crippen LogP contribution in [0.5, 0.6) is 0 Å². The van der Waals surface area contributed by atoms with E-state index < -0.39 is 5.82 Å². The maximum atomic E-state index is 15.6. The molecule has 0 radical (unpaired) electrons. The number of hydrogen-bond donors (Lipinski definition) is 1. The SMILES string of the molecule is CO[C@H]1CN([C@H]2C[C@@H](CO[C@H]3CC[C@H](C=O)CC3)N(C(=O)Cc3cc(C)c(NC(=O)c4csc5ccccc45)cc3F)C2)C[C@H]1OC. The molecule has 1 saturated carbocycles. The van der Waals surface area contributed by atoms with Gasteiger partial charge in [-0.15, -0.1) is 11.3 Å². The molecule has 2 aliphatic heterocycles. The minimum Gasteiger partial charge on any atom is -0.377 e. The lowest BCUT2D eigenvalue weighted by Crippen LogP contribution is -2.41. The third-order valence-corrected chi connectivity index (χ3v) is 11.2. The molecule has 11 heteroatoms. The highest BCUT2D eigenvalue weighted by atomic mass is 32.1. The largest absolute Gasteiger partial charge is 0.377 e. The number of rotatable bonds is 11. The number of likely N-dealkylation sites (tertiary alicyclic amines) is 2. The average molecular weight is 666 g/mol. The zero-order valence-electron chi connectivity index (χ0n) is 27.3. The van der Waals surface area contributed by atoms with E-state index in [9.17, 15) is 14.4 Å². The summed E-state index contributed by atoms with van der Waals surface area (Å²) in [5.41, 5.74) is 1.90. The van der Waals surface area contributed by atoms with Crippen LogP contribution >= 0.6 is 11.3 Å². The molecule has 3 aromatic rings. The van der Waals surface area contributed by atoms with E-state index in [1.165, 1.54) is 17.4 Å². The van der Waals surface area contributed by atoms with Gasteiger partial charge in [-0.25, -0.2) is 4.39 Å². The van der Waals surface area contributed by atoms with E-state index in [-0.39, 0.29) is 54.5 Å². The monoisotopic (exact) mass is 665 g/mol. The lowest BCUT2D eigenvalue weighted by atomic mass is 9.88. The number of carbonyl (C=O) groups is 3. The molecule has 6 rings (SSSR count). The molecule has 47 heavy (non-hydrogen) atoms. The Morgan fingerprint density at radius 3 is 2.47 bits per heavy atom. The zero-order valence-corrected chi connectivity index (χ0v) is 28.1. The molecule has 1 aliphatic carbocycles. The minimum atomic E-state index is -0.532. The Balaban J connectivity index is 1.14. The van der Waals surface area contributed by atoms with Crippen LogP contribution in [0, 0.1) is 18.7 Å². The number of nitrogens with one attached hydrogen (secondary N) is 1. The fraction of sp³-hybridized carbons (Fsp3) is 0.528. The number of hydrogen-bond acceptors (Lipinski definition) is 8. The Bertz CT molecular complexity index is 1580. The fourth-order valence-electron chi connectivity index (χ4n) is 7.40. The first-order chi connectivity index (χ1) is 22.8. The first kappa shape index (κ1) is 33.7. The van der Waals surface area contributed by atoms with Crippen molar-refractivity contribution in [1.29, 1.82) is 0 Å². The number of aldehydes is 1. The van der Waals surface area contributed by atoms with Crippen molar-refractivity contribution in [3.8, 4) is 0 Å². The molecule has 3 heterocycles. The van der Waals surface area contributed by atoms with Gasteiger partial charge in [-0.3, -0.25) is 14.5 Å². The van der Waals surface area contributed by atoms with Gasteiger partial charge in [0.2, 0.25) is 5.91 Å². The van der Waals surface area contributed by atoms with Crippen molar-refractivity contribution in [3.05, 3.63) is 64.3 Å². The van der Waals surface area contributed by atoms with Gasteiger partial charge < -0.3 is 29.2 Å². The number of methoxy groups -OCH3 is 2. The highest BCUT2D eigenvalue weighted by molar-refractivity contribution is 7.17. The van der Waals surface area contributed by atoms with Crippen LogP contribution in [-0.4, -0.2) is 98.8 Å². The number of aryl methyl sites for hydroxylation is 1. The number of fused-ring (bicyclic) bond motifs is 1. The topological polar surface area (TPSA) is 97.4 Å². The van der Waals surface area contributed by atoms with Gasteiger partial charge in [0.25, 0.3) is 5.91 Å². The molecule has 4 atom stereocenters. The number of amides is 2. The molecule has 2 saturated heterocycles. The molecule has 3 aliphatic rings. The Morgan fingerprint density at radius 1 is 1.04 bits per heavy atom. The van der Waals surface area contributed by atoms with Crippen LogP contribution in [0.25, 0.3) is 10.1 Å². The van der Waals surface area contributed by atoms with Crippen LogP contribution < -0.4 is 5.32 Å². The third-order valence-electron chi connectivity index (χ3n) is 10.2. The highest BCUT2D eigenvalue weighted by Gasteiger charge is 2.43. The Labute approximate surface area is 279 Å². The standard InChI is InChI=1S/C36H44FN3O6S/c1-22-12-24(30(37)15-31(22)38-36(43)29-21-47-34-7-5-4-6-28(29)34)13-35(42)40-16-25(39-17-32(44-2)33(18-39)45-3)14-26(40)20-46-27-10-8-23(19-41)9-11-27/h4-7,12,15,19,21,23,25-27,32-33H,8-11,13-14,16-18,20H2,1-3H3,(H,38,43)/t23-,25-,26-,27-,32-,33+/m0/s1. The molecule has 2 amide bonds. The summed E-state index contributed by atoms with van der Waals surface area (Å²) in [6.45, 7) is 4.15. The van der Waals surface area contributed by atoms with Crippen molar-refractivity contribution >= 4 is 45.2 Å². The number of ether oxygens (including phenoxy) is 3. The maximum absolute atomic E-state index is 15.6. The maximum Gasteiger partial charge on any atom is 0.257 e. The molecule has 0 spiro atoms. The second-order valence-corrected chi connectivity index (χ2v) is 14.0. The van der Waals surface area contributed by atoms with Gasteiger partial charge in [-0.2, -0.15) is 0 Å². The predicted octanol–water partition coefficient (Wildman–Crippen LogP) is 5.23. The normalized spacial score (nSPS) is 26.6. The van der Waals surface area contributed by atoms with Gasteiger partial charge in [0.05, 0.1) is 42.9 Å². The third kappa shape index (κ3) is 7.44. The zero-order chi connectivity index (χ0) is 33.1. The number of nitrogens with zero attached hydrogens (tertiary/aromatic N) is 2. The molecule has 2 aromatic carbocycles. The molecule has 252 valence electrons. The van der Waals surface area contributed by atoms with E-state index in [0.29, 0.717) is 48.6 Å². The summed E-state index contributed by atoms with van der Waals surface area (Å²) >= 11 is 1.49. The summed E-state index contributed by atoms with van der Waals surface area (Å²) in [7, 11) is 3.38. The minimum absolute atomic E-state index is 0.0398. The smallest absolute Gasteiger partial charge is 0.257 e. The van der Waals surface area contributed by atoms with Crippen LogP contribution in [0.3, 0.4) is 0 Å². The van der Waals surface area contributed by atoms with Crippen molar-refractivity contribution in [2.24, 2.45) is 5.92 Å². The number of thiophene rings is 1. The van der Waals surface area contributed by atoms with Crippen LogP contribution in [0.4, 0.5) is 10.1 Å². The van der Waals surface area contributed by atoms with E-state index in [4.69, 9.17) is 14.2 Å². The molecule has 1 N–H and O–H groups in total. The summed E-state index contributed by atoms with van der Waals surface area (Å²) in [6.07, 6.45) is 5.00. The first-order valence-corrected chi connectivity index (χ1v) is 17.4. The molecule has 3 fully saturated rings. The number of anilines is 1. The van der Waals surface area contributed by atoms with Gasteiger partial charge >= 0.3 is 0 Å². The first-order valence-electron chi connectivity index (χ1n) is 16.5. The number of carbonyl (C=O) groups excluding carboxylic acids is 3. The van der Waals surface area contributed by atoms with Crippen LogP contribution in [-0.2, 0) is 30.2 Å². The van der Waals surface area contributed by atoms with Gasteiger partial charge in [0.1, 0.15) is 12.1 Å². The Kier molecular flexibility index (Phi) is 10.7. The van der Waals surface area contributed by atoms with Crippen molar-refractivity contribution < 1.29 is 33.0 Å². The molecule has 0 unspecified atom stereocenters. The lowest BCUT2D eigenvalue weighted by Gasteiger charge is -2.29. The Hall–Kier alpha value is -3.22. The van der Waals surface area contributed by atoms with E-state index in [0.717, 1.165) is 48.5 Å². The highest BCUT2D eigenvalue weighted by Crippen LogP contribution is 2.32. The van der Waals surface area contributed by atoms with Crippen molar-refractivity contribution in [1.82, 2.24) is 9.80 Å². The summed E-state index contributed by atoms with van der Waals surface area (Å²) in [5.74, 6) is -0.880. The van der Waals surface area contributed by atoms with E-state index in [1.807, 2.05) is 41.5 Å². The predicted molar refractivity (Wildman–Crippen MR) is 179 cm³/mol. The van der Waals surface area contributed by atoms with Crippen LogP contribution in [0.15, 0.2) is 41.8 Å². The van der Waals surface area contributed by atoms with Gasteiger partial charge in [0.15, 0.2) is 0 Å². The second kappa shape index (κ2) is 14.9. The van der Waals surface area contributed by atoms with Crippen molar-refractivity contribution in [3.63, 3.8) is 0 Å². The van der Waals surface area contributed by atoms with Gasteiger partial charge in [0, 0.05) is 67.0 Å². The lowest BCUT2D eigenvalue weighted by molar-refractivity contribution is -0.133. The van der Waals surface area contributed by atoms with Gasteiger partial charge in [-0.1, -0.05) is 24.3 Å². The quantitative estimate of drug-likeness (QED) is 0.280. The molecule has 0 bridgehead atoms. The van der Waals surface area contributed by atoms with Crippen molar-refractivity contribution in [2.45, 2.75) is 75.8 Å². The summed E-state index contributed by atoms with van der Waals surface area (Å²) in [5, 5.41) is 5.53. The van der Waals surface area contributed by atoms with E-state index >= 15 is 4.39 Å². The fourth-order valence-corrected chi connectivity index (χ4v) is 8.34. The van der Waals surface area contributed by atoms with E-state index in [2.05, 4.69) is 10.2 Å².